The zero-order valence-corrected chi connectivity index (χ0v) is 12.7. The van der Waals surface area contributed by atoms with Gasteiger partial charge in [-0.1, -0.05) is 18.2 Å². The maximum Gasteiger partial charge on any atom is 0.306 e. The lowest BCUT2D eigenvalue weighted by Crippen LogP contribution is -2.40. The van der Waals surface area contributed by atoms with Crippen LogP contribution in [0, 0.1) is 5.92 Å². The van der Waals surface area contributed by atoms with Crippen molar-refractivity contribution >= 4 is 26.9 Å². The monoisotopic (exact) mass is 320 g/mol. The first kappa shape index (κ1) is 14.9. The molecular formula is C15H16N2O4S. The highest BCUT2D eigenvalue weighted by Gasteiger charge is 2.32. The van der Waals surface area contributed by atoms with Crippen LogP contribution in [0.5, 0.6) is 0 Å². The highest BCUT2D eigenvalue weighted by atomic mass is 32.2. The van der Waals surface area contributed by atoms with E-state index in [4.69, 9.17) is 5.11 Å². The molecule has 0 aliphatic carbocycles. The molecule has 3 rings (SSSR count). The van der Waals surface area contributed by atoms with Gasteiger partial charge in [0.25, 0.3) is 0 Å². The van der Waals surface area contributed by atoms with E-state index in [9.17, 15) is 13.2 Å². The Morgan fingerprint density at radius 3 is 2.59 bits per heavy atom. The third-order valence-electron chi connectivity index (χ3n) is 4.01. The van der Waals surface area contributed by atoms with Crippen LogP contribution in [0.2, 0.25) is 0 Å². The Morgan fingerprint density at radius 1 is 1.23 bits per heavy atom. The Morgan fingerprint density at radius 2 is 1.91 bits per heavy atom. The molecule has 0 amide bonds. The number of piperidine rings is 1. The molecule has 1 N–H and O–H groups in total. The Bertz CT molecular complexity index is 811. The maximum absolute atomic E-state index is 12.6. The van der Waals surface area contributed by atoms with Crippen molar-refractivity contribution in [1.82, 2.24) is 9.29 Å². The van der Waals surface area contributed by atoms with Crippen molar-refractivity contribution in [3.05, 3.63) is 36.5 Å². The standard InChI is InChI=1S/C15H16N2O4S/c18-15(19)11-5-7-17(8-6-11)22(20,21)13-9-12-3-1-2-4-14(12)16-10-13/h1-4,9-11H,5-8H2,(H,18,19). The lowest BCUT2D eigenvalue weighted by molar-refractivity contribution is -0.142. The lowest BCUT2D eigenvalue weighted by Gasteiger charge is -2.29. The molecular weight excluding hydrogens is 304 g/mol. The number of pyridine rings is 1. The van der Waals surface area contributed by atoms with Gasteiger partial charge in [-0.3, -0.25) is 9.78 Å². The number of benzene rings is 1. The summed E-state index contributed by atoms with van der Waals surface area (Å²) in [4.78, 5) is 15.3. The van der Waals surface area contributed by atoms with Gasteiger partial charge < -0.3 is 5.11 Å². The average molecular weight is 320 g/mol. The number of nitrogens with zero attached hydrogens (tertiary/aromatic N) is 2. The normalized spacial score (nSPS) is 17.6. The fourth-order valence-electron chi connectivity index (χ4n) is 2.68. The quantitative estimate of drug-likeness (QED) is 0.930. The number of carboxylic acids is 1. The van der Waals surface area contributed by atoms with Gasteiger partial charge in [0.2, 0.25) is 10.0 Å². The van der Waals surface area contributed by atoms with Crippen molar-refractivity contribution in [2.24, 2.45) is 5.92 Å². The molecule has 1 aromatic heterocycles. The van der Waals surface area contributed by atoms with Gasteiger partial charge >= 0.3 is 5.97 Å². The smallest absolute Gasteiger partial charge is 0.306 e. The van der Waals surface area contributed by atoms with Gasteiger partial charge in [-0.2, -0.15) is 4.31 Å². The molecule has 2 heterocycles. The van der Waals surface area contributed by atoms with Gasteiger partial charge in [-0.25, -0.2) is 8.42 Å². The minimum absolute atomic E-state index is 0.153. The van der Waals surface area contributed by atoms with E-state index < -0.39 is 21.9 Å². The Balaban J connectivity index is 1.87. The van der Waals surface area contributed by atoms with Crippen molar-refractivity contribution in [3.8, 4) is 0 Å². The van der Waals surface area contributed by atoms with E-state index in [1.165, 1.54) is 10.5 Å². The second-order valence-corrected chi connectivity index (χ2v) is 7.32. The number of hydrogen-bond donors (Lipinski definition) is 1. The summed E-state index contributed by atoms with van der Waals surface area (Å²) in [6.07, 6.45) is 2.05. The third kappa shape index (κ3) is 2.69. The molecule has 0 saturated carbocycles. The maximum atomic E-state index is 12.6. The summed E-state index contributed by atoms with van der Waals surface area (Å²) in [5, 5.41) is 9.75. The van der Waals surface area contributed by atoms with Crippen LogP contribution in [0.15, 0.2) is 41.4 Å². The number of carbonyl (C=O) groups is 1. The fraction of sp³-hybridized carbons (Fsp3) is 0.333. The first-order valence-corrected chi connectivity index (χ1v) is 8.50. The minimum atomic E-state index is -3.62. The van der Waals surface area contributed by atoms with Crippen LogP contribution in [0.25, 0.3) is 10.9 Å². The summed E-state index contributed by atoms with van der Waals surface area (Å²) in [7, 11) is -3.62. The lowest BCUT2D eigenvalue weighted by atomic mass is 9.99. The second kappa shape index (κ2) is 5.66. The number of fused-ring (bicyclic) bond motifs is 1. The number of aromatic nitrogens is 1. The summed E-state index contributed by atoms with van der Waals surface area (Å²) in [5.41, 5.74) is 0.742. The van der Waals surface area contributed by atoms with Crippen molar-refractivity contribution in [2.45, 2.75) is 17.7 Å². The van der Waals surface area contributed by atoms with Crippen molar-refractivity contribution in [2.75, 3.05) is 13.1 Å². The highest BCUT2D eigenvalue weighted by Crippen LogP contribution is 2.25. The SMILES string of the molecule is O=C(O)C1CCN(S(=O)(=O)c2cnc3ccccc3c2)CC1. The molecule has 116 valence electrons. The molecule has 2 aromatic rings. The molecule has 1 saturated heterocycles. The Hall–Kier alpha value is -1.99. The van der Waals surface area contributed by atoms with E-state index in [2.05, 4.69) is 4.98 Å². The van der Waals surface area contributed by atoms with Crippen molar-refractivity contribution < 1.29 is 18.3 Å². The number of sulfonamides is 1. The largest absolute Gasteiger partial charge is 0.481 e. The topological polar surface area (TPSA) is 87.6 Å². The molecule has 1 aliphatic rings. The number of para-hydroxylation sites is 1. The van der Waals surface area contributed by atoms with E-state index in [0.717, 1.165) is 10.9 Å². The Labute approximate surface area is 128 Å². The van der Waals surface area contributed by atoms with Crippen molar-refractivity contribution in [1.29, 1.82) is 0 Å². The van der Waals surface area contributed by atoms with E-state index in [-0.39, 0.29) is 18.0 Å². The minimum Gasteiger partial charge on any atom is -0.481 e. The number of rotatable bonds is 3. The summed E-state index contributed by atoms with van der Waals surface area (Å²) in [6.45, 7) is 0.457. The number of hydrogen-bond acceptors (Lipinski definition) is 4. The first-order chi connectivity index (χ1) is 10.5. The van der Waals surface area contributed by atoms with Gasteiger partial charge in [0, 0.05) is 24.7 Å². The molecule has 1 aliphatic heterocycles. The van der Waals surface area contributed by atoms with Crippen LogP contribution in [-0.2, 0) is 14.8 Å². The molecule has 0 radical (unpaired) electrons. The number of carboxylic acid groups (broad SMARTS) is 1. The number of aliphatic carboxylic acids is 1. The summed E-state index contributed by atoms with van der Waals surface area (Å²) in [6, 6.07) is 8.93. The molecule has 0 unspecified atom stereocenters. The molecule has 1 aromatic carbocycles. The second-order valence-electron chi connectivity index (χ2n) is 5.38. The van der Waals surface area contributed by atoms with Crippen LogP contribution in [0.1, 0.15) is 12.8 Å². The van der Waals surface area contributed by atoms with E-state index in [1.807, 2.05) is 24.3 Å². The van der Waals surface area contributed by atoms with Gasteiger partial charge in [-0.05, 0) is 25.0 Å². The molecule has 22 heavy (non-hydrogen) atoms. The van der Waals surface area contributed by atoms with E-state index >= 15 is 0 Å². The molecule has 0 bridgehead atoms. The van der Waals surface area contributed by atoms with Crippen LogP contribution in [0.3, 0.4) is 0 Å². The summed E-state index contributed by atoms with van der Waals surface area (Å²) < 4.78 is 26.6. The Kier molecular flexibility index (Phi) is 3.84. The van der Waals surface area contributed by atoms with Crippen molar-refractivity contribution in [3.63, 3.8) is 0 Å². The van der Waals surface area contributed by atoms with Gasteiger partial charge in [-0.15, -0.1) is 0 Å². The van der Waals surface area contributed by atoms with Crippen LogP contribution >= 0.6 is 0 Å². The fourth-order valence-corrected chi connectivity index (χ4v) is 4.14. The first-order valence-electron chi connectivity index (χ1n) is 7.06. The molecule has 6 nitrogen and oxygen atoms in total. The third-order valence-corrected chi connectivity index (χ3v) is 5.87. The van der Waals surface area contributed by atoms with E-state index in [1.54, 1.807) is 6.07 Å². The average Bonchev–Trinajstić information content (AvgIpc) is 2.54. The summed E-state index contributed by atoms with van der Waals surface area (Å²) >= 11 is 0. The zero-order valence-electron chi connectivity index (χ0n) is 11.8. The predicted octanol–water partition coefficient (Wildman–Crippen LogP) is 1.72. The molecule has 0 spiro atoms. The zero-order chi connectivity index (χ0) is 15.7. The van der Waals surface area contributed by atoms with Crippen LogP contribution in [-0.4, -0.2) is 41.9 Å². The predicted molar refractivity (Wildman–Crippen MR) is 80.9 cm³/mol. The molecule has 7 heteroatoms. The van der Waals surface area contributed by atoms with Gasteiger partial charge in [0.1, 0.15) is 4.90 Å². The van der Waals surface area contributed by atoms with Crippen LogP contribution in [0.4, 0.5) is 0 Å². The summed E-state index contributed by atoms with van der Waals surface area (Å²) in [5.74, 6) is -1.31. The molecule has 0 atom stereocenters. The highest BCUT2D eigenvalue weighted by molar-refractivity contribution is 7.89. The van der Waals surface area contributed by atoms with Gasteiger partial charge in [0.15, 0.2) is 0 Å². The van der Waals surface area contributed by atoms with Gasteiger partial charge in [0.05, 0.1) is 11.4 Å². The van der Waals surface area contributed by atoms with Crippen LogP contribution < -0.4 is 0 Å². The van der Waals surface area contributed by atoms with E-state index in [0.29, 0.717) is 12.8 Å². The molecule has 1 fully saturated rings.